The number of halogens is 2. The average Bonchev–Trinajstić information content (AvgIpc) is 2.32. The van der Waals surface area contributed by atoms with Crippen molar-refractivity contribution in [1.29, 1.82) is 0 Å². The summed E-state index contributed by atoms with van der Waals surface area (Å²) in [5.74, 6) is -0.318. The molecule has 1 aromatic heterocycles. The highest BCUT2D eigenvalue weighted by Crippen LogP contribution is 2.22. The van der Waals surface area contributed by atoms with Crippen molar-refractivity contribution in [2.24, 2.45) is 0 Å². The van der Waals surface area contributed by atoms with E-state index in [1.165, 1.54) is 6.07 Å². The number of rotatable bonds is 4. The molecule has 0 atom stereocenters. The third-order valence-electron chi connectivity index (χ3n) is 2.08. The predicted molar refractivity (Wildman–Crippen MR) is 72.8 cm³/mol. The van der Waals surface area contributed by atoms with Gasteiger partial charge in [0.2, 0.25) is 11.9 Å². The number of aromatic nitrogens is 3. The van der Waals surface area contributed by atoms with Gasteiger partial charge in [-0.25, -0.2) is 4.39 Å². The van der Waals surface area contributed by atoms with Crippen LogP contribution < -0.4 is 15.8 Å². The van der Waals surface area contributed by atoms with Gasteiger partial charge in [0, 0.05) is 4.47 Å². The molecular formula is C11H11BrFN5O. The molecule has 1 aromatic carbocycles. The molecule has 0 aliphatic rings. The summed E-state index contributed by atoms with van der Waals surface area (Å²) < 4.78 is 19.4. The molecule has 2 rings (SSSR count). The number of hydrogen-bond donors (Lipinski definition) is 2. The van der Waals surface area contributed by atoms with Crippen LogP contribution in [0.5, 0.6) is 6.01 Å². The summed E-state index contributed by atoms with van der Waals surface area (Å²) in [7, 11) is 0. The Balaban J connectivity index is 2.27. The van der Waals surface area contributed by atoms with Gasteiger partial charge in [0.05, 0.1) is 12.3 Å². The zero-order valence-electron chi connectivity index (χ0n) is 10.0. The van der Waals surface area contributed by atoms with E-state index in [1.54, 1.807) is 19.1 Å². The molecule has 2 aromatic rings. The number of nitrogens with one attached hydrogen (secondary N) is 1. The minimum atomic E-state index is -0.439. The first-order chi connectivity index (χ1) is 9.08. The summed E-state index contributed by atoms with van der Waals surface area (Å²) in [5.41, 5.74) is 5.75. The molecular weight excluding hydrogens is 317 g/mol. The molecule has 6 nitrogen and oxygen atoms in total. The fourth-order valence-corrected chi connectivity index (χ4v) is 1.67. The van der Waals surface area contributed by atoms with E-state index in [9.17, 15) is 4.39 Å². The molecule has 0 unspecified atom stereocenters. The van der Waals surface area contributed by atoms with Crippen molar-refractivity contribution in [2.45, 2.75) is 6.92 Å². The fraction of sp³-hybridized carbons (Fsp3) is 0.182. The highest BCUT2D eigenvalue weighted by Gasteiger charge is 2.08. The number of anilines is 3. The minimum Gasteiger partial charge on any atom is -0.464 e. The molecule has 8 heteroatoms. The van der Waals surface area contributed by atoms with Crippen LogP contribution in [0.4, 0.5) is 22.0 Å². The van der Waals surface area contributed by atoms with Gasteiger partial charge in [-0.2, -0.15) is 15.0 Å². The Morgan fingerprint density at radius 1 is 1.37 bits per heavy atom. The molecule has 0 saturated heterocycles. The van der Waals surface area contributed by atoms with Crippen LogP contribution in [0.2, 0.25) is 0 Å². The number of benzene rings is 1. The molecule has 0 aliphatic heterocycles. The maximum atomic E-state index is 13.7. The van der Waals surface area contributed by atoms with Crippen LogP contribution in [0.25, 0.3) is 0 Å². The molecule has 3 N–H and O–H groups in total. The van der Waals surface area contributed by atoms with Gasteiger partial charge in [-0.3, -0.25) is 0 Å². The zero-order chi connectivity index (χ0) is 13.8. The van der Waals surface area contributed by atoms with Gasteiger partial charge in [-0.05, 0) is 25.1 Å². The van der Waals surface area contributed by atoms with E-state index >= 15 is 0 Å². The van der Waals surface area contributed by atoms with Crippen LogP contribution in [0.1, 0.15) is 6.92 Å². The zero-order valence-corrected chi connectivity index (χ0v) is 11.6. The predicted octanol–water partition coefficient (Wildman–Crippen LogP) is 2.50. The van der Waals surface area contributed by atoms with Crippen LogP contribution in [-0.2, 0) is 0 Å². The molecule has 0 saturated carbocycles. The summed E-state index contributed by atoms with van der Waals surface area (Å²) >= 11 is 3.18. The Morgan fingerprint density at radius 2 is 2.16 bits per heavy atom. The number of nitrogen functional groups attached to an aromatic ring is 1. The SMILES string of the molecule is CCOc1nc(N)nc(Nc2ccc(Br)cc2F)n1. The van der Waals surface area contributed by atoms with Crippen LogP contribution in [-0.4, -0.2) is 21.6 Å². The molecule has 19 heavy (non-hydrogen) atoms. The van der Waals surface area contributed by atoms with Gasteiger partial charge < -0.3 is 15.8 Å². The van der Waals surface area contributed by atoms with Crippen LogP contribution in [0, 0.1) is 5.82 Å². The van der Waals surface area contributed by atoms with Crippen molar-refractivity contribution in [3.8, 4) is 6.01 Å². The second kappa shape index (κ2) is 5.79. The molecule has 100 valence electrons. The molecule has 0 radical (unpaired) electrons. The van der Waals surface area contributed by atoms with Crippen LogP contribution in [0.3, 0.4) is 0 Å². The average molecular weight is 328 g/mol. The Bertz CT molecular complexity index is 595. The first kappa shape index (κ1) is 13.5. The second-order valence-corrected chi connectivity index (χ2v) is 4.40. The smallest absolute Gasteiger partial charge is 0.323 e. The summed E-state index contributed by atoms with van der Waals surface area (Å²) in [6.45, 7) is 2.19. The third kappa shape index (κ3) is 3.50. The van der Waals surface area contributed by atoms with Crippen molar-refractivity contribution < 1.29 is 9.13 Å². The van der Waals surface area contributed by atoms with Crippen LogP contribution in [0.15, 0.2) is 22.7 Å². The lowest BCUT2D eigenvalue weighted by molar-refractivity contribution is 0.312. The number of nitrogens with two attached hydrogens (primary N) is 1. The number of hydrogen-bond acceptors (Lipinski definition) is 6. The molecule has 0 fully saturated rings. The topological polar surface area (TPSA) is 86.0 Å². The lowest BCUT2D eigenvalue weighted by Gasteiger charge is -2.08. The van der Waals surface area contributed by atoms with Crippen LogP contribution >= 0.6 is 15.9 Å². The van der Waals surface area contributed by atoms with E-state index in [0.717, 1.165) is 0 Å². The fourth-order valence-electron chi connectivity index (χ4n) is 1.33. The molecule has 1 heterocycles. The standard InChI is InChI=1S/C11H11BrFN5O/c1-2-19-11-17-9(14)16-10(18-11)15-8-4-3-6(12)5-7(8)13/h3-5H,2H2,1H3,(H3,14,15,16,17,18). The van der Waals surface area contributed by atoms with E-state index in [1.807, 2.05) is 0 Å². The maximum Gasteiger partial charge on any atom is 0.323 e. The first-order valence-corrected chi connectivity index (χ1v) is 6.24. The van der Waals surface area contributed by atoms with Crippen molar-refractivity contribution in [1.82, 2.24) is 15.0 Å². The maximum absolute atomic E-state index is 13.7. The van der Waals surface area contributed by atoms with Crippen molar-refractivity contribution >= 4 is 33.5 Å². The lowest BCUT2D eigenvalue weighted by Crippen LogP contribution is -2.07. The van der Waals surface area contributed by atoms with Gasteiger partial charge in [0.1, 0.15) is 5.82 Å². The second-order valence-electron chi connectivity index (χ2n) is 3.48. The molecule has 0 amide bonds. The van der Waals surface area contributed by atoms with Crippen molar-refractivity contribution in [2.75, 3.05) is 17.7 Å². The van der Waals surface area contributed by atoms with Gasteiger partial charge in [0.15, 0.2) is 0 Å². The van der Waals surface area contributed by atoms with Gasteiger partial charge in [0.25, 0.3) is 0 Å². The van der Waals surface area contributed by atoms with E-state index in [2.05, 4.69) is 36.2 Å². The van der Waals surface area contributed by atoms with Gasteiger partial charge in [-0.1, -0.05) is 15.9 Å². The first-order valence-electron chi connectivity index (χ1n) is 5.45. The van der Waals surface area contributed by atoms with E-state index < -0.39 is 5.82 Å². The summed E-state index contributed by atoms with van der Waals surface area (Å²) in [4.78, 5) is 11.6. The quantitative estimate of drug-likeness (QED) is 0.897. The number of nitrogens with zero attached hydrogens (tertiary/aromatic N) is 3. The Labute approximate surface area is 117 Å². The molecule has 0 aliphatic carbocycles. The number of ether oxygens (including phenoxy) is 1. The normalized spacial score (nSPS) is 10.3. The highest BCUT2D eigenvalue weighted by atomic mass is 79.9. The Hall–Kier alpha value is -1.96. The Morgan fingerprint density at radius 3 is 2.84 bits per heavy atom. The third-order valence-corrected chi connectivity index (χ3v) is 2.58. The summed E-state index contributed by atoms with van der Waals surface area (Å²) in [6.07, 6.45) is 0. The van der Waals surface area contributed by atoms with E-state index in [4.69, 9.17) is 10.5 Å². The monoisotopic (exact) mass is 327 g/mol. The summed E-state index contributed by atoms with van der Waals surface area (Å²) in [5, 5.41) is 2.72. The molecule has 0 spiro atoms. The van der Waals surface area contributed by atoms with Gasteiger partial charge in [-0.15, -0.1) is 0 Å². The van der Waals surface area contributed by atoms with E-state index in [-0.39, 0.29) is 23.6 Å². The minimum absolute atomic E-state index is 0.00142. The molecule has 0 bridgehead atoms. The van der Waals surface area contributed by atoms with Crippen molar-refractivity contribution in [3.63, 3.8) is 0 Å². The Kier molecular flexibility index (Phi) is 4.10. The van der Waals surface area contributed by atoms with E-state index in [0.29, 0.717) is 11.1 Å². The summed E-state index contributed by atoms with van der Waals surface area (Å²) in [6, 6.07) is 4.67. The van der Waals surface area contributed by atoms with Gasteiger partial charge >= 0.3 is 6.01 Å². The lowest BCUT2D eigenvalue weighted by atomic mass is 10.3. The highest BCUT2D eigenvalue weighted by molar-refractivity contribution is 9.10. The largest absolute Gasteiger partial charge is 0.464 e. The van der Waals surface area contributed by atoms with Crippen molar-refractivity contribution in [3.05, 3.63) is 28.5 Å².